The minimum absolute atomic E-state index is 0.128. The van der Waals surface area contributed by atoms with E-state index in [1.54, 1.807) is 6.92 Å². The van der Waals surface area contributed by atoms with E-state index in [1.807, 2.05) is 0 Å². The van der Waals surface area contributed by atoms with Crippen LogP contribution in [0.15, 0.2) is 0 Å². The molecule has 2 heteroatoms. The number of ketones is 1. The summed E-state index contributed by atoms with van der Waals surface area (Å²) < 4.78 is 0. The second-order valence-electron chi connectivity index (χ2n) is 5.15. The molecule has 0 aromatic carbocycles. The summed E-state index contributed by atoms with van der Waals surface area (Å²) in [5, 5.41) is 3.53. The Hall–Kier alpha value is -0.370. The quantitative estimate of drug-likeness (QED) is 0.710. The molecule has 0 spiro atoms. The predicted molar refractivity (Wildman–Crippen MR) is 54.7 cm³/mol. The Balaban J connectivity index is 2.54. The summed E-state index contributed by atoms with van der Waals surface area (Å²) in [4.78, 5) is 11.3. The Bertz CT molecular complexity index is 193. The molecule has 1 aliphatic rings. The van der Waals surface area contributed by atoms with Crippen molar-refractivity contribution in [3.63, 3.8) is 0 Å². The summed E-state index contributed by atoms with van der Waals surface area (Å²) >= 11 is 0. The van der Waals surface area contributed by atoms with E-state index in [9.17, 15) is 4.79 Å². The fourth-order valence-corrected chi connectivity index (χ4v) is 2.18. The minimum Gasteiger partial charge on any atom is -0.309 e. The van der Waals surface area contributed by atoms with Gasteiger partial charge in [0.1, 0.15) is 5.78 Å². The molecule has 1 saturated carbocycles. The normalized spacial score (nSPS) is 29.2. The zero-order valence-corrected chi connectivity index (χ0v) is 9.18. The van der Waals surface area contributed by atoms with Crippen LogP contribution in [0.5, 0.6) is 0 Å². The maximum absolute atomic E-state index is 11.3. The molecule has 13 heavy (non-hydrogen) atoms. The number of rotatable bonds is 2. The van der Waals surface area contributed by atoms with Crippen LogP contribution in [-0.4, -0.2) is 17.4 Å². The molecule has 0 amide bonds. The molecule has 0 saturated heterocycles. The van der Waals surface area contributed by atoms with Crippen LogP contribution >= 0.6 is 0 Å². The molecule has 0 aliphatic heterocycles. The average molecular weight is 183 g/mol. The molecule has 1 fully saturated rings. The largest absolute Gasteiger partial charge is 0.309 e. The summed E-state index contributed by atoms with van der Waals surface area (Å²) in [6.45, 7) is 8.18. The molecule has 1 rings (SSSR count). The fourth-order valence-electron chi connectivity index (χ4n) is 2.18. The van der Waals surface area contributed by atoms with Gasteiger partial charge in [-0.15, -0.1) is 0 Å². The molecule has 0 aromatic heterocycles. The van der Waals surface area contributed by atoms with Crippen LogP contribution in [-0.2, 0) is 4.79 Å². The van der Waals surface area contributed by atoms with Crippen molar-refractivity contribution in [3.8, 4) is 0 Å². The van der Waals surface area contributed by atoms with Crippen molar-refractivity contribution in [2.75, 3.05) is 0 Å². The Morgan fingerprint density at radius 2 is 1.92 bits per heavy atom. The Labute approximate surface area is 81.1 Å². The maximum atomic E-state index is 11.3. The smallest absolute Gasteiger partial charge is 0.134 e. The van der Waals surface area contributed by atoms with Crippen molar-refractivity contribution < 1.29 is 4.79 Å². The first kappa shape index (κ1) is 10.7. The lowest BCUT2D eigenvalue weighted by atomic mass is 9.96. The van der Waals surface area contributed by atoms with Gasteiger partial charge in [0.15, 0.2) is 0 Å². The van der Waals surface area contributed by atoms with Crippen LogP contribution in [0.3, 0.4) is 0 Å². The van der Waals surface area contributed by atoms with Crippen molar-refractivity contribution in [1.82, 2.24) is 5.32 Å². The van der Waals surface area contributed by atoms with E-state index in [0.29, 0.717) is 11.8 Å². The maximum Gasteiger partial charge on any atom is 0.134 e. The molecule has 76 valence electrons. The number of hydrogen-bond donors (Lipinski definition) is 1. The van der Waals surface area contributed by atoms with E-state index in [2.05, 4.69) is 26.1 Å². The monoisotopic (exact) mass is 183 g/mol. The Kier molecular flexibility index (Phi) is 3.12. The highest BCUT2D eigenvalue weighted by Crippen LogP contribution is 2.27. The van der Waals surface area contributed by atoms with E-state index in [0.717, 1.165) is 12.8 Å². The van der Waals surface area contributed by atoms with E-state index in [1.165, 1.54) is 6.42 Å². The van der Waals surface area contributed by atoms with Crippen molar-refractivity contribution in [3.05, 3.63) is 0 Å². The van der Waals surface area contributed by atoms with Crippen molar-refractivity contribution in [1.29, 1.82) is 0 Å². The van der Waals surface area contributed by atoms with E-state index in [-0.39, 0.29) is 11.5 Å². The fraction of sp³-hybridized carbons (Fsp3) is 0.909. The zero-order valence-electron chi connectivity index (χ0n) is 9.18. The van der Waals surface area contributed by atoms with Gasteiger partial charge < -0.3 is 5.32 Å². The topological polar surface area (TPSA) is 29.1 Å². The van der Waals surface area contributed by atoms with Gasteiger partial charge in [0, 0.05) is 17.5 Å². The highest BCUT2D eigenvalue weighted by Gasteiger charge is 2.32. The number of hydrogen-bond acceptors (Lipinski definition) is 2. The van der Waals surface area contributed by atoms with Crippen molar-refractivity contribution in [2.24, 2.45) is 5.92 Å². The SMILES string of the molecule is CC(=O)[C@H]1CCC[C@H]1NC(C)(C)C. The Morgan fingerprint density at radius 1 is 1.31 bits per heavy atom. The third kappa shape index (κ3) is 3.11. The summed E-state index contributed by atoms with van der Waals surface area (Å²) in [5.41, 5.74) is 0.128. The van der Waals surface area contributed by atoms with Gasteiger partial charge in [-0.2, -0.15) is 0 Å². The van der Waals surface area contributed by atoms with Crippen LogP contribution in [0.2, 0.25) is 0 Å². The molecule has 1 N–H and O–H groups in total. The predicted octanol–water partition coefficient (Wildman–Crippen LogP) is 2.13. The van der Waals surface area contributed by atoms with E-state index in [4.69, 9.17) is 0 Å². The molecule has 0 unspecified atom stereocenters. The van der Waals surface area contributed by atoms with Gasteiger partial charge in [0.25, 0.3) is 0 Å². The summed E-state index contributed by atoms with van der Waals surface area (Å²) in [6.07, 6.45) is 3.42. The van der Waals surface area contributed by atoms with Crippen molar-refractivity contribution >= 4 is 5.78 Å². The lowest BCUT2D eigenvalue weighted by molar-refractivity contribution is -0.121. The standard InChI is InChI=1S/C11H21NO/c1-8(13)9-6-5-7-10(9)12-11(2,3)4/h9-10,12H,5-7H2,1-4H3/t9-,10-/m1/s1. The highest BCUT2D eigenvalue weighted by molar-refractivity contribution is 5.79. The lowest BCUT2D eigenvalue weighted by Crippen LogP contribution is -2.46. The first-order valence-corrected chi connectivity index (χ1v) is 5.18. The van der Waals surface area contributed by atoms with Gasteiger partial charge in [-0.3, -0.25) is 4.79 Å². The minimum atomic E-state index is 0.128. The van der Waals surface area contributed by atoms with Gasteiger partial charge in [-0.25, -0.2) is 0 Å². The first-order chi connectivity index (χ1) is 5.90. The number of nitrogens with one attached hydrogen (secondary N) is 1. The van der Waals surface area contributed by atoms with Crippen LogP contribution in [0.4, 0.5) is 0 Å². The third-order valence-corrected chi connectivity index (χ3v) is 2.66. The molecule has 0 aromatic rings. The van der Waals surface area contributed by atoms with Crippen LogP contribution in [0, 0.1) is 5.92 Å². The summed E-state index contributed by atoms with van der Waals surface area (Å²) in [7, 11) is 0. The third-order valence-electron chi connectivity index (χ3n) is 2.66. The number of Topliss-reactive ketones (excluding diaryl/α,β-unsaturated/α-hetero) is 1. The highest BCUT2D eigenvalue weighted by atomic mass is 16.1. The van der Waals surface area contributed by atoms with Crippen LogP contribution < -0.4 is 5.32 Å². The summed E-state index contributed by atoms with van der Waals surface area (Å²) in [5.74, 6) is 0.610. The Morgan fingerprint density at radius 3 is 2.38 bits per heavy atom. The van der Waals surface area contributed by atoms with Gasteiger partial charge in [-0.05, 0) is 40.5 Å². The molecule has 0 radical (unpaired) electrons. The van der Waals surface area contributed by atoms with Gasteiger partial charge >= 0.3 is 0 Å². The molecule has 2 atom stereocenters. The number of carbonyl (C=O) groups excluding carboxylic acids is 1. The molecular formula is C11H21NO. The van der Waals surface area contributed by atoms with Gasteiger partial charge in [0.05, 0.1) is 0 Å². The zero-order chi connectivity index (χ0) is 10.1. The van der Waals surface area contributed by atoms with Gasteiger partial charge in [0.2, 0.25) is 0 Å². The summed E-state index contributed by atoms with van der Waals surface area (Å²) in [6, 6.07) is 0.414. The van der Waals surface area contributed by atoms with Crippen LogP contribution in [0.25, 0.3) is 0 Å². The molecule has 0 bridgehead atoms. The molecule has 0 heterocycles. The van der Waals surface area contributed by atoms with Crippen LogP contribution in [0.1, 0.15) is 47.0 Å². The van der Waals surface area contributed by atoms with E-state index < -0.39 is 0 Å². The lowest BCUT2D eigenvalue weighted by Gasteiger charge is -2.28. The van der Waals surface area contributed by atoms with E-state index >= 15 is 0 Å². The van der Waals surface area contributed by atoms with Gasteiger partial charge in [-0.1, -0.05) is 6.42 Å². The second-order valence-corrected chi connectivity index (χ2v) is 5.15. The second kappa shape index (κ2) is 3.79. The number of carbonyl (C=O) groups is 1. The molecular weight excluding hydrogens is 162 g/mol. The molecule has 1 aliphatic carbocycles. The average Bonchev–Trinajstić information content (AvgIpc) is 2.31. The first-order valence-electron chi connectivity index (χ1n) is 5.18. The molecule has 2 nitrogen and oxygen atoms in total. The van der Waals surface area contributed by atoms with Crippen molar-refractivity contribution in [2.45, 2.75) is 58.5 Å².